The number of amidine groups is 1. The number of nitrogens with one attached hydrogen (secondary N) is 1. The Balaban J connectivity index is 2.18. The third kappa shape index (κ3) is 2.55. The molecule has 8 nitrogen and oxygen atoms in total. The smallest absolute Gasteiger partial charge is 0.417 e. The Labute approximate surface area is 125 Å². The van der Waals surface area contributed by atoms with E-state index in [0.29, 0.717) is 0 Å². The molecule has 1 aliphatic rings. The van der Waals surface area contributed by atoms with Gasteiger partial charge in [-0.1, -0.05) is 12.2 Å². The van der Waals surface area contributed by atoms with Gasteiger partial charge in [0.15, 0.2) is 11.7 Å². The highest BCUT2D eigenvalue weighted by Crippen LogP contribution is 2.15. The average molecular weight is 309 g/mol. The summed E-state index contributed by atoms with van der Waals surface area (Å²) in [5.74, 6) is -2.25. The van der Waals surface area contributed by atoms with Gasteiger partial charge in [-0.3, -0.25) is 15.0 Å². The van der Waals surface area contributed by atoms with Crippen molar-refractivity contribution >= 4 is 40.9 Å². The Hall–Kier alpha value is -2.55. The summed E-state index contributed by atoms with van der Waals surface area (Å²) >= 11 is 5.06. The lowest BCUT2D eigenvalue weighted by Gasteiger charge is -2.29. The van der Waals surface area contributed by atoms with E-state index in [1.54, 1.807) is 6.07 Å². The van der Waals surface area contributed by atoms with Crippen LogP contribution in [-0.4, -0.2) is 52.6 Å². The monoisotopic (exact) mass is 309 g/mol. The standard InChI is InChI=1S/C12H12N4O4S/c1-15-8(13)7(11(18)16(2)12(15)19)10(21)14-9(17)6-4-3-5-20-6/h3-5,7,13H,1-2H3,(H,14,17,21)/p+1. The molecule has 1 aliphatic heterocycles. The number of carbonyl (C=O) groups is 3. The van der Waals surface area contributed by atoms with Crippen LogP contribution in [0.2, 0.25) is 0 Å². The van der Waals surface area contributed by atoms with Crippen LogP contribution in [0.1, 0.15) is 10.6 Å². The summed E-state index contributed by atoms with van der Waals surface area (Å²) < 4.78 is 4.93. The van der Waals surface area contributed by atoms with Crippen molar-refractivity contribution in [3.8, 4) is 0 Å². The summed E-state index contributed by atoms with van der Waals surface area (Å²) in [6.45, 7) is 0. The van der Waals surface area contributed by atoms with Gasteiger partial charge >= 0.3 is 6.03 Å². The molecule has 0 radical (unpaired) electrons. The third-order valence-electron chi connectivity index (χ3n) is 3.08. The van der Waals surface area contributed by atoms with E-state index in [9.17, 15) is 14.4 Å². The van der Waals surface area contributed by atoms with Crippen molar-refractivity contribution in [2.24, 2.45) is 5.92 Å². The molecule has 9 heteroatoms. The highest BCUT2D eigenvalue weighted by Gasteiger charge is 2.48. The molecule has 4 amide bonds. The predicted octanol–water partition coefficient (Wildman–Crippen LogP) is -1.37. The zero-order chi connectivity index (χ0) is 15.7. The number of rotatable bonds is 2. The van der Waals surface area contributed by atoms with Crippen LogP contribution in [-0.2, 0) is 4.79 Å². The van der Waals surface area contributed by atoms with Crippen molar-refractivity contribution < 1.29 is 24.2 Å². The Kier molecular flexibility index (Phi) is 3.85. The van der Waals surface area contributed by atoms with E-state index in [-0.39, 0.29) is 16.6 Å². The number of carbonyl (C=O) groups excluding carboxylic acids is 3. The van der Waals surface area contributed by atoms with Crippen molar-refractivity contribution in [3.05, 3.63) is 24.2 Å². The molecule has 2 rings (SSSR count). The van der Waals surface area contributed by atoms with Gasteiger partial charge in [-0.15, -0.1) is 0 Å². The van der Waals surface area contributed by atoms with Crippen LogP contribution in [0.15, 0.2) is 22.8 Å². The van der Waals surface area contributed by atoms with E-state index in [4.69, 9.17) is 22.0 Å². The maximum atomic E-state index is 12.1. The van der Waals surface area contributed by atoms with Gasteiger partial charge in [0, 0.05) is 7.05 Å². The first-order valence-corrected chi connectivity index (χ1v) is 6.31. The second-order valence-corrected chi connectivity index (χ2v) is 4.83. The lowest BCUT2D eigenvalue weighted by Crippen LogP contribution is -2.68. The summed E-state index contributed by atoms with van der Waals surface area (Å²) in [6, 6.07) is 2.44. The molecule has 3 N–H and O–H groups in total. The number of imide groups is 1. The molecule has 0 spiro atoms. The molecule has 1 saturated heterocycles. The second kappa shape index (κ2) is 5.44. The topological polar surface area (TPSA) is 108 Å². The summed E-state index contributed by atoms with van der Waals surface area (Å²) in [7, 11) is 2.74. The Morgan fingerprint density at radius 2 is 2.05 bits per heavy atom. The van der Waals surface area contributed by atoms with E-state index in [1.807, 2.05) is 0 Å². The quantitative estimate of drug-likeness (QED) is 0.656. The molecule has 1 aromatic rings. The lowest BCUT2D eigenvalue weighted by atomic mass is 10.0. The molecule has 21 heavy (non-hydrogen) atoms. The maximum absolute atomic E-state index is 12.1. The largest absolute Gasteiger partial charge is 0.459 e. The molecular weight excluding hydrogens is 296 g/mol. The van der Waals surface area contributed by atoms with Crippen LogP contribution in [0.4, 0.5) is 4.79 Å². The second-order valence-electron chi connectivity index (χ2n) is 4.39. The van der Waals surface area contributed by atoms with Crippen LogP contribution in [0, 0.1) is 5.92 Å². The molecule has 0 bridgehead atoms. The minimum atomic E-state index is -1.08. The molecule has 2 heterocycles. The number of hydrogen-bond donors (Lipinski definition) is 2. The van der Waals surface area contributed by atoms with Crippen molar-refractivity contribution in [3.63, 3.8) is 0 Å². The van der Waals surface area contributed by atoms with E-state index in [2.05, 4.69) is 5.32 Å². The average Bonchev–Trinajstić information content (AvgIpc) is 2.97. The normalized spacial score (nSPS) is 19.0. The van der Waals surface area contributed by atoms with Gasteiger partial charge in [-0.2, -0.15) is 4.90 Å². The SMILES string of the molecule is CN1C(=[NH2+])C(C(=S)NC(=O)c2ccco2)C(=O)N(C)C1=O. The van der Waals surface area contributed by atoms with E-state index in [0.717, 1.165) is 9.80 Å². The van der Waals surface area contributed by atoms with Gasteiger partial charge < -0.3 is 9.73 Å². The van der Waals surface area contributed by atoms with Crippen molar-refractivity contribution in [1.82, 2.24) is 15.1 Å². The first kappa shape index (κ1) is 14.9. The Morgan fingerprint density at radius 3 is 2.62 bits per heavy atom. The summed E-state index contributed by atoms with van der Waals surface area (Å²) in [5.41, 5.74) is 0. The molecule has 110 valence electrons. The summed E-state index contributed by atoms with van der Waals surface area (Å²) in [6.07, 6.45) is 1.34. The molecule has 1 aromatic heterocycles. The van der Waals surface area contributed by atoms with Crippen LogP contribution in [0.3, 0.4) is 0 Å². The molecular formula is C12H13N4O4S+. The maximum Gasteiger partial charge on any atom is 0.417 e. The summed E-state index contributed by atoms with van der Waals surface area (Å²) in [4.78, 5) is 37.6. The number of furan rings is 1. The number of thiocarbonyl (C=S) groups is 1. The first-order valence-electron chi connectivity index (χ1n) is 5.91. The van der Waals surface area contributed by atoms with E-state index >= 15 is 0 Å². The van der Waals surface area contributed by atoms with E-state index in [1.165, 1.54) is 26.4 Å². The molecule has 0 aromatic carbocycles. The minimum Gasteiger partial charge on any atom is -0.459 e. The lowest BCUT2D eigenvalue weighted by molar-refractivity contribution is -0.144. The number of hydrogen-bond acceptors (Lipinski definition) is 5. The van der Waals surface area contributed by atoms with E-state index < -0.39 is 23.8 Å². The molecule has 0 saturated carbocycles. The number of nitrogens with two attached hydrogens (primary N) is 1. The van der Waals surface area contributed by atoms with Gasteiger partial charge in [0.25, 0.3) is 17.6 Å². The fraction of sp³-hybridized carbons (Fsp3) is 0.250. The zero-order valence-corrected chi connectivity index (χ0v) is 12.1. The van der Waals surface area contributed by atoms with Crippen LogP contribution in [0.25, 0.3) is 0 Å². The predicted molar refractivity (Wildman–Crippen MR) is 75.1 cm³/mol. The Bertz CT molecular complexity index is 616. The molecule has 1 unspecified atom stereocenters. The third-order valence-corrected chi connectivity index (χ3v) is 3.42. The van der Waals surface area contributed by atoms with Gasteiger partial charge in [0.2, 0.25) is 0 Å². The van der Waals surface area contributed by atoms with Crippen LogP contribution >= 0.6 is 12.2 Å². The minimum absolute atomic E-state index is 0.0344. The zero-order valence-electron chi connectivity index (χ0n) is 11.3. The molecule has 1 atom stereocenters. The van der Waals surface area contributed by atoms with Crippen molar-refractivity contribution in [1.29, 1.82) is 0 Å². The van der Waals surface area contributed by atoms with Gasteiger partial charge in [-0.25, -0.2) is 9.69 Å². The fourth-order valence-corrected chi connectivity index (χ4v) is 2.16. The number of nitrogens with zero attached hydrogens (tertiary/aromatic N) is 2. The summed E-state index contributed by atoms with van der Waals surface area (Å²) in [5, 5.41) is 8.15. The van der Waals surface area contributed by atoms with Crippen LogP contribution in [0.5, 0.6) is 0 Å². The highest BCUT2D eigenvalue weighted by molar-refractivity contribution is 7.80. The first-order chi connectivity index (χ1) is 9.84. The van der Waals surface area contributed by atoms with Gasteiger partial charge in [0.1, 0.15) is 4.99 Å². The van der Waals surface area contributed by atoms with Crippen molar-refractivity contribution in [2.75, 3.05) is 14.1 Å². The number of amides is 4. The molecule has 1 fully saturated rings. The number of urea groups is 1. The van der Waals surface area contributed by atoms with Crippen LogP contribution < -0.4 is 10.7 Å². The van der Waals surface area contributed by atoms with Gasteiger partial charge in [-0.05, 0) is 12.1 Å². The van der Waals surface area contributed by atoms with Gasteiger partial charge in [0.05, 0.1) is 13.3 Å². The highest BCUT2D eigenvalue weighted by atomic mass is 32.1. The Morgan fingerprint density at radius 1 is 1.38 bits per heavy atom. The fourth-order valence-electron chi connectivity index (χ4n) is 1.84. The van der Waals surface area contributed by atoms with Crippen molar-refractivity contribution in [2.45, 2.75) is 0 Å². The molecule has 0 aliphatic carbocycles.